The van der Waals surface area contributed by atoms with E-state index in [0.717, 1.165) is 42.1 Å². The molecule has 1 fully saturated rings. The summed E-state index contributed by atoms with van der Waals surface area (Å²) in [5, 5.41) is 13.8. The molecule has 0 aliphatic heterocycles. The largest absolute Gasteiger partial charge is 0.394 e. The Morgan fingerprint density at radius 3 is 2.76 bits per heavy atom. The second-order valence-electron chi connectivity index (χ2n) is 6.08. The van der Waals surface area contributed by atoms with Gasteiger partial charge in [-0.15, -0.1) is 0 Å². The fourth-order valence-corrected chi connectivity index (χ4v) is 3.34. The van der Waals surface area contributed by atoms with Crippen molar-refractivity contribution in [2.45, 2.75) is 44.1 Å². The zero-order chi connectivity index (χ0) is 14.7. The number of aromatic nitrogens is 1. The summed E-state index contributed by atoms with van der Waals surface area (Å²) in [7, 11) is 0. The van der Waals surface area contributed by atoms with E-state index in [9.17, 15) is 9.90 Å². The Labute approximate surface area is 124 Å². The second-order valence-corrected chi connectivity index (χ2v) is 6.08. The van der Waals surface area contributed by atoms with Crippen molar-refractivity contribution in [3.8, 4) is 0 Å². The fraction of sp³-hybridized carbons (Fsp3) is 0.471. The third-order valence-electron chi connectivity index (χ3n) is 4.54. The van der Waals surface area contributed by atoms with E-state index in [1.165, 1.54) is 6.42 Å². The maximum atomic E-state index is 12.4. The molecule has 1 aliphatic rings. The van der Waals surface area contributed by atoms with E-state index < -0.39 is 5.54 Å². The van der Waals surface area contributed by atoms with Crippen molar-refractivity contribution in [2.24, 2.45) is 0 Å². The van der Waals surface area contributed by atoms with Crippen LogP contribution in [0, 0.1) is 0 Å². The minimum Gasteiger partial charge on any atom is -0.394 e. The van der Waals surface area contributed by atoms with Crippen LogP contribution >= 0.6 is 0 Å². The van der Waals surface area contributed by atoms with Crippen LogP contribution in [-0.4, -0.2) is 28.1 Å². The van der Waals surface area contributed by atoms with E-state index >= 15 is 0 Å². The van der Waals surface area contributed by atoms with E-state index in [2.05, 4.69) is 10.3 Å². The summed E-state index contributed by atoms with van der Waals surface area (Å²) in [5.74, 6) is -0.00398. The number of nitrogens with one attached hydrogen (secondary N) is 2. The van der Waals surface area contributed by atoms with Crippen LogP contribution in [0.1, 0.15) is 37.7 Å². The van der Waals surface area contributed by atoms with Crippen molar-refractivity contribution in [1.82, 2.24) is 10.3 Å². The van der Waals surface area contributed by atoms with Crippen molar-refractivity contribution in [2.75, 3.05) is 6.61 Å². The lowest BCUT2D eigenvalue weighted by molar-refractivity contribution is -0.123. The van der Waals surface area contributed by atoms with Crippen LogP contribution < -0.4 is 5.32 Å². The summed E-state index contributed by atoms with van der Waals surface area (Å²) in [6.45, 7) is 0.0343. The van der Waals surface area contributed by atoms with Gasteiger partial charge in [0.05, 0.1) is 18.6 Å². The maximum absolute atomic E-state index is 12.4. The third kappa shape index (κ3) is 2.95. The van der Waals surface area contributed by atoms with Crippen LogP contribution in [0.4, 0.5) is 0 Å². The molecule has 1 saturated carbocycles. The average Bonchev–Trinajstić information content (AvgIpc) is 2.91. The zero-order valence-corrected chi connectivity index (χ0v) is 12.2. The predicted molar refractivity (Wildman–Crippen MR) is 83.0 cm³/mol. The molecule has 1 amide bonds. The number of aromatic amines is 1. The molecule has 4 nitrogen and oxygen atoms in total. The van der Waals surface area contributed by atoms with Gasteiger partial charge < -0.3 is 15.4 Å². The van der Waals surface area contributed by atoms with Gasteiger partial charge in [-0.3, -0.25) is 4.79 Å². The number of carbonyl (C=O) groups is 1. The molecule has 112 valence electrons. The monoisotopic (exact) mass is 286 g/mol. The minimum absolute atomic E-state index is 0.00398. The van der Waals surface area contributed by atoms with Gasteiger partial charge in [0, 0.05) is 17.1 Å². The number of benzene rings is 1. The number of hydrogen-bond acceptors (Lipinski definition) is 2. The van der Waals surface area contributed by atoms with Crippen LogP contribution in [0.3, 0.4) is 0 Å². The molecule has 21 heavy (non-hydrogen) atoms. The molecule has 0 radical (unpaired) electrons. The molecule has 0 saturated heterocycles. The number of carbonyl (C=O) groups excluding carboxylic acids is 1. The van der Waals surface area contributed by atoms with Crippen molar-refractivity contribution in [1.29, 1.82) is 0 Å². The summed E-state index contributed by atoms with van der Waals surface area (Å²) in [4.78, 5) is 15.5. The molecule has 3 N–H and O–H groups in total. The first kappa shape index (κ1) is 14.1. The molecule has 1 aliphatic carbocycles. The molecule has 3 rings (SSSR count). The Balaban J connectivity index is 1.71. The SMILES string of the molecule is O=C(Cc1c[nH]c2ccccc12)NC1(CO)CCCCC1. The van der Waals surface area contributed by atoms with Crippen LogP contribution in [-0.2, 0) is 11.2 Å². The number of aliphatic hydroxyl groups is 1. The zero-order valence-electron chi connectivity index (χ0n) is 12.2. The van der Waals surface area contributed by atoms with Crippen LogP contribution in [0.5, 0.6) is 0 Å². The molecular formula is C17H22N2O2. The quantitative estimate of drug-likeness (QED) is 0.808. The molecule has 1 aromatic heterocycles. The molecule has 2 aromatic rings. The first-order valence-corrected chi connectivity index (χ1v) is 7.69. The van der Waals surface area contributed by atoms with Gasteiger partial charge in [0.2, 0.25) is 5.91 Å². The van der Waals surface area contributed by atoms with E-state index in [1.807, 2.05) is 30.5 Å². The standard InChI is InChI=1S/C17H22N2O2/c20-12-17(8-4-1-5-9-17)19-16(21)10-13-11-18-15-7-3-2-6-14(13)15/h2-3,6-7,11,18,20H,1,4-5,8-10,12H2,(H,19,21). The van der Waals surface area contributed by atoms with E-state index in [0.29, 0.717) is 6.42 Å². The van der Waals surface area contributed by atoms with Crippen molar-refractivity contribution < 1.29 is 9.90 Å². The van der Waals surface area contributed by atoms with Crippen molar-refractivity contribution >= 4 is 16.8 Å². The lowest BCUT2D eigenvalue weighted by atomic mass is 9.82. The Hall–Kier alpha value is -1.81. The summed E-state index contributed by atoms with van der Waals surface area (Å²) < 4.78 is 0. The first-order chi connectivity index (χ1) is 10.2. The number of aliphatic hydroxyl groups excluding tert-OH is 1. The number of H-pyrrole nitrogens is 1. The fourth-order valence-electron chi connectivity index (χ4n) is 3.34. The Kier molecular flexibility index (Phi) is 3.97. The van der Waals surface area contributed by atoms with Crippen LogP contribution in [0.15, 0.2) is 30.5 Å². The number of para-hydroxylation sites is 1. The maximum Gasteiger partial charge on any atom is 0.225 e. The van der Waals surface area contributed by atoms with Gasteiger partial charge in [0.25, 0.3) is 0 Å². The second kappa shape index (κ2) is 5.90. The molecule has 0 bridgehead atoms. The van der Waals surface area contributed by atoms with Gasteiger partial charge in [-0.2, -0.15) is 0 Å². The van der Waals surface area contributed by atoms with Gasteiger partial charge in [-0.05, 0) is 24.5 Å². The van der Waals surface area contributed by atoms with Gasteiger partial charge in [-0.25, -0.2) is 0 Å². The molecule has 0 atom stereocenters. The van der Waals surface area contributed by atoms with E-state index in [-0.39, 0.29) is 12.5 Å². The van der Waals surface area contributed by atoms with Gasteiger partial charge >= 0.3 is 0 Å². The Morgan fingerprint density at radius 2 is 2.00 bits per heavy atom. The lowest BCUT2D eigenvalue weighted by Crippen LogP contribution is -2.52. The number of hydrogen-bond donors (Lipinski definition) is 3. The highest BCUT2D eigenvalue weighted by atomic mass is 16.3. The summed E-state index contributed by atoms with van der Waals surface area (Å²) in [6.07, 6.45) is 7.36. The van der Waals surface area contributed by atoms with Gasteiger partial charge in [0.1, 0.15) is 0 Å². The summed E-state index contributed by atoms with van der Waals surface area (Å²) in [5.41, 5.74) is 1.66. The average molecular weight is 286 g/mol. The minimum atomic E-state index is -0.401. The summed E-state index contributed by atoms with van der Waals surface area (Å²) >= 11 is 0. The molecule has 4 heteroatoms. The molecule has 1 aromatic carbocycles. The lowest BCUT2D eigenvalue weighted by Gasteiger charge is -2.36. The number of rotatable bonds is 4. The van der Waals surface area contributed by atoms with Crippen molar-refractivity contribution in [3.63, 3.8) is 0 Å². The van der Waals surface area contributed by atoms with E-state index in [4.69, 9.17) is 0 Å². The van der Waals surface area contributed by atoms with Crippen LogP contribution in [0.25, 0.3) is 10.9 Å². The molecular weight excluding hydrogens is 264 g/mol. The molecule has 0 spiro atoms. The Bertz CT molecular complexity index is 627. The normalized spacial score (nSPS) is 17.8. The summed E-state index contributed by atoms with van der Waals surface area (Å²) in [6, 6.07) is 7.99. The smallest absolute Gasteiger partial charge is 0.225 e. The van der Waals surface area contributed by atoms with Gasteiger partial charge in [-0.1, -0.05) is 37.5 Å². The number of amides is 1. The predicted octanol–water partition coefficient (Wildman–Crippen LogP) is 2.52. The highest BCUT2D eigenvalue weighted by Crippen LogP contribution is 2.28. The topological polar surface area (TPSA) is 65.1 Å². The molecule has 0 unspecified atom stereocenters. The highest BCUT2D eigenvalue weighted by molar-refractivity contribution is 5.89. The van der Waals surface area contributed by atoms with Crippen molar-refractivity contribution in [3.05, 3.63) is 36.0 Å². The first-order valence-electron chi connectivity index (χ1n) is 7.69. The molecule has 1 heterocycles. The van der Waals surface area contributed by atoms with Gasteiger partial charge in [0.15, 0.2) is 0 Å². The number of fused-ring (bicyclic) bond motifs is 1. The Morgan fingerprint density at radius 1 is 1.24 bits per heavy atom. The van der Waals surface area contributed by atoms with Crippen LogP contribution in [0.2, 0.25) is 0 Å². The third-order valence-corrected chi connectivity index (χ3v) is 4.54. The highest BCUT2D eigenvalue weighted by Gasteiger charge is 2.32. The van der Waals surface area contributed by atoms with E-state index in [1.54, 1.807) is 0 Å².